The van der Waals surface area contributed by atoms with Crippen LogP contribution in [-0.4, -0.2) is 45.0 Å². The second-order valence-electron chi connectivity index (χ2n) is 9.43. The smallest absolute Gasteiger partial charge is 0.356 e. The molecule has 0 saturated heterocycles. The summed E-state index contributed by atoms with van der Waals surface area (Å²) >= 11 is 0. The van der Waals surface area contributed by atoms with Crippen molar-refractivity contribution in [2.45, 2.75) is 33.6 Å². The number of pyridine rings is 2. The van der Waals surface area contributed by atoms with Gasteiger partial charge in [0.25, 0.3) is 0 Å². The molecule has 1 aromatic carbocycles. The first-order valence-electron chi connectivity index (χ1n) is 12.5. The van der Waals surface area contributed by atoms with E-state index < -0.39 is 17.5 Å². The Bertz CT molecular complexity index is 1660. The number of allylic oxidation sites excluding steroid dienone is 2. The molecule has 0 saturated carbocycles. The predicted molar refractivity (Wildman–Crippen MR) is 142 cm³/mol. The Hall–Kier alpha value is -4.66. The molecule has 0 spiro atoms. The van der Waals surface area contributed by atoms with E-state index in [1.54, 1.807) is 26.0 Å². The summed E-state index contributed by atoms with van der Waals surface area (Å²) in [5.41, 5.74) is 2.13. The third-order valence-corrected chi connectivity index (χ3v) is 6.36. The Morgan fingerprint density at radius 3 is 2.58 bits per heavy atom. The summed E-state index contributed by atoms with van der Waals surface area (Å²) in [6.45, 7) is 5.66. The van der Waals surface area contributed by atoms with Gasteiger partial charge in [0.2, 0.25) is 11.7 Å². The number of carbonyl (C=O) groups excluding carboxylic acids is 4. The van der Waals surface area contributed by atoms with Crippen molar-refractivity contribution in [3.8, 4) is 11.4 Å². The molecule has 0 bridgehead atoms. The Kier molecular flexibility index (Phi) is 6.59. The van der Waals surface area contributed by atoms with Gasteiger partial charge in [0, 0.05) is 28.3 Å². The second-order valence-corrected chi connectivity index (χ2v) is 9.43. The maximum absolute atomic E-state index is 13.2. The van der Waals surface area contributed by atoms with E-state index in [-0.39, 0.29) is 41.1 Å². The zero-order valence-corrected chi connectivity index (χ0v) is 21.3. The minimum atomic E-state index is -0.571. The molecule has 0 unspecified atom stereocenters. The fourth-order valence-corrected chi connectivity index (χ4v) is 4.25. The lowest BCUT2D eigenvalue weighted by atomic mass is 9.96. The Labute approximate surface area is 218 Å². The number of hydrogen-bond acceptors (Lipinski definition) is 7. The number of esters is 1. The highest BCUT2D eigenvalue weighted by atomic mass is 16.5. The van der Waals surface area contributed by atoms with Gasteiger partial charge in [-0.05, 0) is 30.7 Å². The number of fused-ring (bicyclic) bond motifs is 4. The SMILES string of the molecule is CCCCOC(=O)c1cc2c([nH]c3ccccc32)c(-c2ccc3c(n2)C(=O)C(NC(=O)C(C)C)=CC3=O)n1. The van der Waals surface area contributed by atoms with E-state index in [4.69, 9.17) is 4.74 Å². The molecule has 1 amide bonds. The van der Waals surface area contributed by atoms with E-state index >= 15 is 0 Å². The van der Waals surface area contributed by atoms with Gasteiger partial charge in [-0.3, -0.25) is 14.4 Å². The van der Waals surface area contributed by atoms with Gasteiger partial charge in [-0.2, -0.15) is 0 Å². The summed E-state index contributed by atoms with van der Waals surface area (Å²) in [5.74, 6) is -2.32. The standard InChI is InChI=1S/C29H26N4O5/c1-4-5-12-38-29(37)22-13-18-16-8-6-7-9-19(16)30-24(18)26(32-22)20-11-10-17-23(34)14-21(27(35)25(17)31-20)33-28(36)15(2)3/h6-11,13-15,30H,4-5,12H2,1-3H3,(H,33,36). The van der Waals surface area contributed by atoms with Crippen LogP contribution in [0.2, 0.25) is 0 Å². The van der Waals surface area contributed by atoms with E-state index in [0.717, 1.165) is 35.2 Å². The zero-order valence-electron chi connectivity index (χ0n) is 21.3. The van der Waals surface area contributed by atoms with Gasteiger partial charge >= 0.3 is 5.97 Å². The highest BCUT2D eigenvalue weighted by molar-refractivity contribution is 6.24. The number of benzene rings is 1. The van der Waals surface area contributed by atoms with Crippen molar-refractivity contribution in [2.24, 2.45) is 5.92 Å². The number of aromatic nitrogens is 3. The van der Waals surface area contributed by atoms with E-state index in [9.17, 15) is 19.2 Å². The number of carbonyl (C=O) groups is 4. The van der Waals surface area contributed by atoms with Gasteiger partial charge in [-0.25, -0.2) is 14.8 Å². The maximum atomic E-state index is 13.2. The summed E-state index contributed by atoms with van der Waals surface area (Å²) in [5, 5.41) is 4.16. The largest absolute Gasteiger partial charge is 0.461 e. The first-order valence-corrected chi connectivity index (χ1v) is 12.5. The quantitative estimate of drug-likeness (QED) is 0.270. The Morgan fingerprint density at radius 1 is 1.03 bits per heavy atom. The molecule has 5 rings (SSSR count). The average Bonchev–Trinajstić information content (AvgIpc) is 3.29. The molecule has 4 aromatic rings. The lowest BCUT2D eigenvalue weighted by Gasteiger charge is -2.17. The van der Waals surface area contributed by atoms with Crippen molar-refractivity contribution in [3.63, 3.8) is 0 Å². The van der Waals surface area contributed by atoms with E-state index in [0.29, 0.717) is 16.9 Å². The van der Waals surface area contributed by atoms with Gasteiger partial charge in [0.05, 0.1) is 29.1 Å². The Balaban J connectivity index is 1.64. The fourth-order valence-electron chi connectivity index (χ4n) is 4.25. The number of ether oxygens (including phenoxy) is 1. The number of hydrogen-bond donors (Lipinski definition) is 2. The molecule has 38 heavy (non-hydrogen) atoms. The molecule has 0 fully saturated rings. The molecule has 0 atom stereocenters. The van der Waals surface area contributed by atoms with Crippen molar-refractivity contribution in [1.82, 2.24) is 20.3 Å². The summed E-state index contributed by atoms with van der Waals surface area (Å²) < 4.78 is 5.41. The van der Waals surface area contributed by atoms with Crippen LogP contribution in [0.5, 0.6) is 0 Å². The van der Waals surface area contributed by atoms with Gasteiger partial charge in [-0.1, -0.05) is 45.4 Å². The van der Waals surface area contributed by atoms with Crippen molar-refractivity contribution >= 4 is 45.2 Å². The van der Waals surface area contributed by atoms with Crippen LogP contribution in [-0.2, 0) is 9.53 Å². The lowest BCUT2D eigenvalue weighted by molar-refractivity contribution is -0.123. The highest BCUT2D eigenvalue weighted by Crippen LogP contribution is 2.33. The average molecular weight is 511 g/mol. The number of aromatic amines is 1. The number of para-hydroxylation sites is 1. The first kappa shape index (κ1) is 25.0. The van der Waals surface area contributed by atoms with Crippen LogP contribution in [0.25, 0.3) is 33.2 Å². The highest BCUT2D eigenvalue weighted by Gasteiger charge is 2.30. The van der Waals surface area contributed by atoms with Crippen molar-refractivity contribution < 1.29 is 23.9 Å². The number of H-pyrrole nitrogens is 1. The molecular formula is C29H26N4O5. The van der Waals surface area contributed by atoms with Crippen LogP contribution in [0.4, 0.5) is 0 Å². The molecule has 1 aliphatic rings. The topological polar surface area (TPSA) is 131 Å². The monoisotopic (exact) mass is 510 g/mol. The van der Waals surface area contributed by atoms with Crippen molar-refractivity contribution in [1.29, 1.82) is 0 Å². The molecule has 3 heterocycles. The third kappa shape index (κ3) is 4.47. The summed E-state index contributed by atoms with van der Waals surface area (Å²) in [7, 11) is 0. The van der Waals surface area contributed by atoms with Crippen molar-refractivity contribution in [2.75, 3.05) is 6.61 Å². The Morgan fingerprint density at radius 2 is 1.82 bits per heavy atom. The number of rotatable bonds is 7. The van der Waals surface area contributed by atoms with Gasteiger partial charge < -0.3 is 15.0 Å². The van der Waals surface area contributed by atoms with E-state index in [1.165, 1.54) is 6.07 Å². The molecule has 9 heteroatoms. The molecule has 192 valence electrons. The fraction of sp³-hybridized carbons (Fsp3) is 0.241. The minimum Gasteiger partial charge on any atom is -0.461 e. The van der Waals surface area contributed by atoms with Gasteiger partial charge in [0.15, 0.2) is 5.78 Å². The van der Waals surface area contributed by atoms with Crippen LogP contribution in [0.3, 0.4) is 0 Å². The summed E-state index contributed by atoms with van der Waals surface area (Å²) in [4.78, 5) is 63.5. The second kappa shape index (κ2) is 10.0. The number of unbranched alkanes of at least 4 members (excludes halogenated alkanes) is 1. The molecule has 1 aliphatic carbocycles. The number of amides is 1. The van der Waals surface area contributed by atoms with E-state index in [2.05, 4.69) is 20.3 Å². The maximum Gasteiger partial charge on any atom is 0.356 e. The van der Waals surface area contributed by atoms with Gasteiger partial charge in [-0.15, -0.1) is 0 Å². The molecule has 0 aliphatic heterocycles. The first-order chi connectivity index (χ1) is 18.3. The number of nitrogens with zero attached hydrogens (tertiary/aromatic N) is 2. The van der Waals surface area contributed by atoms with Crippen LogP contribution in [0, 0.1) is 5.92 Å². The zero-order chi connectivity index (χ0) is 27.0. The number of nitrogens with one attached hydrogen (secondary N) is 2. The predicted octanol–water partition coefficient (Wildman–Crippen LogP) is 4.77. The summed E-state index contributed by atoms with van der Waals surface area (Å²) in [6, 6.07) is 12.4. The molecule has 3 aromatic heterocycles. The molecule has 9 nitrogen and oxygen atoms in total. The van der Waals surface area contributed by atoms with E-state index in [1.807, 2.05) is 31.2 Å². The lowest BCUT2D eigenvalue weighted by Crippen LogP contribution is -2.34. The summed E-state index contributed by atoms with van der Waals surface area (Å²) in [6.07, 6.45) is 2.74. The normalized spacial score (nSPS) is 13.1. The molecule has 2 N–H and O–H groups in total. The van der Waals surface area contributed by atoms with Gasteiger partial charge in [0.1, 0.15) is 17.1 Å². The van der Waals surface area contributed by atoms with Crippen LogP contribution in [0.1, 0.15) is 64.9 Å². The van der Waals surface area contributed by atoms with Crippen molar-refractivity contribution in [3.05, 3.63) is 71.2 Å². The molecule has 0 radical (unpaired) electrons. The number of Topliss-reactive ketones (excluding diaryl/α,β-unsaturated/α-hetero) is 1. The third-order valence-electron chi connectivity index (χ3n) is 6.36. The van der Waals surface area contributed by atoms with Crippen LogP contribution >= 0.6 is 0 Å². The van der Waals surface area contributed by atoms with Crippen LogP contribution < -0.4 is 5.32 Å². The number of ketones is 2. The van der Waals surface area contributed by atoms with Crippen LogP contribution in [0.15, 0.2) is 54.2 Å². The molecular weight excluding hydrogens is 484 g/mol. The minimum absolute atomic E-state index is 0.0870.